The first-order valence-corrected chi connectivity index (χ1v) is 13.9. The van der Waals surface area contributed by atoms with Crippen LogP contribution >= 0.6 is 0 Å². The highest BCUT2D eigenvalue weighted by molar-refractivity contribution is 7.88. The van der Waals surface area contributed by atoms with Crippen molar-refractivity contribution in [2.45, 2.75) is 36.6 Å². The molecule has 13 heteroatoms. The molecule has 12 nitrogen and oxygen atoms in total. The lowest BCUT2D eigenvalue weighted by molar-refractivity contribution is -0.0511. The second-order valence-electron chi connectivity index (χ2n) is 9.44. The number of benzene rings is 2. The zero-order valence-corrected chi connectivity index (χ0v) is 21.0. The number of hydrogen-bond acceptors (Lipinski definition) is 10. The fourth-order valence-corrected chi connectivity index (χ4v) is 6.03. The monoisotopic (exact) mass is 538 g/mol. The van der Waals surface area contributed by atoms with E-state index in [4.69, 9.17) is 4.74 Å². The van der Waals surface area contributed by atoms with Gasteiger partial charge in [0, 0.05) is 0 Å². The van der Waals surface area contributed by atoms with Crippen molar-refractivity contribution < 1.29 is 28.5 Å². The molecule has 198 valence electrons. The van der Waals surface area contributed by atoms with Gasteiger partial charge in [0.1, 0.15) is 24.6 Å². The number of imidazole rings is 1. The molecule has 1 fully saturated rings. The maximum absolute atomic E-state index is 12.4. The van der Waals surface area contributed by atoms with Gasteiger partial charge in [0.2, 0.25) is 10.0 Å². The van der Waals surface area contributed by atoms with Crippen LogP contribution in [0.3, 0.4) is 0 Å². The number of hydrogen-bond donors (Lipinski definition) is 5. The van der Waals surface area contributed by atoms with Crippen molar-refractivity contribution >= 4 is 27.0 Å². The topological polar surface area (TPSA) is 172 Å². The van der Waals surface area contributed by atoms with Crippen molar-refractivity contribution in [2.75, 3.05) is 18.2 Å². The summed E-state index contributed by atoms with van der Waals surface area (Å²) in [4.78, 5) is 13.1. The third-order valence-electron chi connectivity index (χ3n) is 7.00. The average Bonchev–Trinajstić information content (AvgIpc) is 3.46. The summed E-state index contributed by atoms with van der Waals surface area (Å²) in [7, 11) is -3.59. The summed E-state index contributed by atoms with van der Waals surface area (Å²) in [5.41, 5.74) is 4.28. The lowest BCUT2D eigenvalue weighted by Crippen LogP contribution is -2.37. The predicted octanol–water partition coefficient (Wildman–Crippen LogP) is 0.862. The largest absolute Gasteiger partial charge is 0.394 e. The Morgan fingerprint density at radius 3 is 2.24 bits per heavy atom. The smallest absolute Gasteiger partial charge is 0.209 e. The molecular weight excluding hydrogens is 512 g/mol. The summed E-state index contributed by atoms with van der Waals surface area (Å²) >= 11 is 0. The fraction of sp³-hybridized carbons (Fsp3) is 0.320. The van der Waals surface area contributed by atoms with Crippen LogP contribution in [0.1, 0.15) is 29.4 Å². The molecule has 2 aliphatic rings. The molecular formula is C25H26N6O6S. The fourth-order valence-electron chi connectivity index (χ4n) is 5.31. The van der Waals surface area contributed by atoms with Crippen LogP contribution in [-0.4, -0.2) is 74.4 Å². The number of anilines is 1. The molecule has 1 aliphatic heterocycles. The minimum absolute atomic E-state index is 0.328. The Hall–Kier alpha value is -3.46. The number of aliphatic hydroxyl groups is 3. The van der Waals surface area contributed by atoms with Gasteiger partial charge >= 0.3 is 0 Å². The van der Waals surface area contributed by atoms with Crippen LogP contribution < -0.4 is 10.0 Å². The summed E-state index contributed by atoms with van der Waals surface area (Å²) < 4.78 is 34.8. The van der Waals surface area contributed by atoms with Crippen molar-refractivity contribution in [1.29, 1.82) is 0 Å². The van der Waals surface area contributed by atoms with Gasteiger partial charge in [0.25, 0.3) is 0 Å². The second kappa shape index (κ2) is 9.38. The molecule has 2 aromatic carbocycles. The van der Waals surface area contributed by atoms with Crippen LogP contribution in [-0.2, 0) is 14.8 Å². The zero-order chi connectivity index (χ0) is 26.6. The van der Waals surface area contributed by atoms with E-state index in [0.717, 1.165) is 28.5 Å². The summed E-state index contributed by atoms with van der Waals surface area (Å²) in [5.74, 6) is 0.347. The third kappa shape index (κ3) is 4.13. The summed E-state index contributed by atoms with van der Waals surface area (Å²) in [6.07, 6.45) is -0.680. The van der Waals surface area contributed by atoms with Gasteiger partial charge in [-0.05, 0) is 22.3 Å². The Morgan fingerprint density at radius 2 is 1.61 bits per heavy atom. The molecule has 3 heterocycles. The first-order chi connectivity index (χ1) is 18.3. The first-order valence-electron chi connectivity index (χ1n) is 12.0. The van der Waals surface area contributed by atoms with Gasteiger partial charge in [0.15, 0.2) is 23.2 Å². The molecule has 0 saturated carbocycles. The minimum atomic E-state index is -3.59. The number of fused-ring (bicyclic) bond motifs is 4. The van der Waals surface area contributed by atoms with Crippen LogP contribution in [0.25, 0.3) is 22.3 Å². The third-order valence-corrected chi connectivity index (χ3v) is 7.68. The van der Waals surface area contributed by atoms with E-state index in [9.17, 15) is 23.7 Å². The van der Waals surface area contributed by atoms with Crippen LogP contribution in [0.15, 0.2) is 61.2 Å². The van der Waals surface area contributed by atoms with Crippen LogP contribution in [0.5, 0.6) is 0 Å². The summed E-state index contributed by atoms with van der Waals surface area (Å²) in [5, 5.41) is 33.6. The van der Waals surface area contributed by atoms with E-state index in [2.05, 4.69) is 25.0 Å². The van der Waals surface area contributed by atoms with Gasteiger partial charge in [-0.1, -0.05) is 48.5 Å². The van der Waals surface area contributed by atoms with E-state index >= 15 is 0 Å². The predicted molar refractivity (Wildman–Crippen MR) is 137 cm³/mol. The van der Waals surface area contributed by atoms with E-state index in [0.29, 0.717) is 17.0 Å². The Balaban J connectivity index is 1.43. The number of aliphatic hydroxyl groups excluding tert-OH is 3. The number of nitrogens with zero attached hydrogens (tertiary/aromatic N) is 4. The van der Waals surface area contributed by atoms with Gasteiger partial charge < -0.3 is 25.4 Å². The molecule has 4 aromatic rings. The quantitative estimate of drug-likeness (QED) is 0.237. The summed E-state index contributed by atoms with van der Waals surface area (Å²) in [6.45, 7) is -0.458. The first kappa shape index (κ1) is 24.9. The molecule has 1 aliphatic carbocycles. The molecule has 5 N–H and O–H groups in total. The molecule has 2 aromatic heterocycles. The molecule has 0 amide bonds. The molecule has 0 spiro atoms. The molecule has 1 saturated heterocycles. The maximum Gasteiger partial charge on any atom is 0.209 e. The summed E-state index contributed by atoms with van der Waals surface area (Å²) in [6, 6.07) is 14.2. The van der Waals surface area contributed by atoms with Crippen molar-refractivity contribution in [2.24, 2.45) is 0 Å². The highest BCUT2D eigenvalue weighted by Crippen LogP contribution is 2.46. The van der Waals surface area contributed by atoms with Gasteiger partial charge in [-0.3, -0.25) is 4.57 Å². The van der Waals surface area contributed by atoms with E-state index in [-0.39, 0.29) is 0 Å². The standard InChI is InChI=1S/C25H26N6O6S/c1-38(35,36)30-19-16-9-5-3-7-14(16)13-6-2-4-8-15(13)18(19)29-23-20-24(27-11-26-23)31(12-28-20)25-22(34)21(33)17(10-32)37-25/h2-9,11-12,17-19,21-22,25,30,32-34H,10H2,1H3,(H,26,27,29)/t17-,18+,19+,21-,22-,25-/m1/s1. The van der Waals surface area contributed by atoms with E-state index < -0.39 is 53.3 Å². The van der Waals surface area contributed by atoms with Gasteiger partial charge in [-0.25, -0.2) is 28.1 Å². The van der Waals surface area contributed by atoms with Crippen molar-refractivity contribution in [3.05, 3.63) is 72.3 Å². The van der Waals surface area contributed by atoms with Crippen LogP contribution in [0.2, 0.25) is 0 Å². The van der Waals surface area contributed by atoms with E-state index in [1.807, 2.05) is 48.5 Å². The Morgan fingerprint density at radius 1 is 0.947 bits per heavy atom. The van der Waals surface area contributed by atoms with Crippen LogP contribution in [0.4, 0.5) is 5.82 Å². The Labute approximate surface area is 218 Å². The minimum Gasteiger partial charge on any atom is -0.394 e. The zero-order valence-electron chi connectivity index (χ0n) is 20.2. The number of sulfonamides is 1. The number of aromatic nitrogens is 4. The molecule has 0 bridgehead atoms. The lowest BCUT2D eigenvalue weighted by Gasteiger charge is -2.36. The van der Waals surface area contributed by atoms with Crippen molar-refractivity contribution in [3.63, 3.8) is 0 Å². The highest BCUT2D eigenvalue weighted by atomic mass is 32.2. The van der Waals surface area contributed by atoms with Crippen LogP contribution in [0, 0.1) is 0 Å². The van der Waals surface area contributed by atoms with E-state index in [1.54, 1.807) is 0 Å². The molecule has 38 heavy (non-hydrogen) atoms. The van der Waals surface area contributed by atoms with Gasteiger partial charge in [-0.15, -0.1) is 0 Å². The van der Waals surface area contributed by atoms with Crippen molar-refractivity contribution in [1.82, 2.24) is 24.2 Å². The van der Waals surface area contributed by atoms with Crippen molar-refractivity contribution in [3.8, 4) is 11.1 Å². The second-order valence-corrected chi connectivity index (χ2v) is 11.2. The van der Waals surface area contributed by atoms with Gasteiger partial charge in [-0.2, -0.15) is 0 Å². The highest BCUT2D eigenvalue weighted by Gasteiger charge is 2.44. The Bertz CT molecular complexity index is 1610. The van der Waals surface area contributed by atoms with Gasteiger partial charge in [0.05, 0.1) is 31.3 Å². The molecule has 0 radical (unpaired) electrons. The number of ether oxygens (including phenoxy) is 1. The van der Waals surface area contributed by atoms with E-state index in [1.165, 1.54) is 17.2 Å². The normalized spacial score (nSPS) is 26.7. The molecule has 6 atom stereocenters. The SMILES string of the molecule is CS(=O)(=O)N[C@H]1c2ccccc2-c2ccccc2[C@@H]1Nc1ncnc2c1ncn2[C@@H]1O[C@H](CO)[C@@H](O)[C@H]1O. The Kier molecular flexibility index (Phi) is 6.13. The molecule has 0 unspecified atom stereocenters. The lowest BCUT2D eigenvalue weighted by atomic mass is 9.79. The maximum atomic E-state index is 12.4. The molecule has 6 rings (SSSR count). The number of rotatable bonds is 6. The number of nitrogens with one attached hydrogen (secondary N) is 2. The average molecular weight is 539 g/mol.